The number of carbonyl (C=O) groups is 1. The normalized spacial score (nSPS) is 16.9. The lowest BCUT2D eigenvalue weighted by Crippen LogP contribution is -2.45. The summed E-state index contributed by atoms with van der Waals surface area (Å²) in [6.07, 6.45) is 1.53. The summed E-state index contributed by atoms with van der Waals surface area (Å²) in [6, 6.07) is 5.29. The van der Waals surface area contributed by atoms with E-state index in [0.29, 0.717) is 17.2 Å². The van der Waals surface area contributed by atoms with Gasteiger partial charge in [-0.1, -0.05) is 0 Å². The zero-order valence-corrected chi connectivity index (χ0v) is 16.8. The number of pyridine rings is 1. The third-order valence-electron chi connectivity index (χ3n) is 4.81. The number of aliphatic hydroxyl groups excluding tert-OH is 1. The highest BCUT2D eigenvalue weighted by molar-refractivity contribution is 5.68. The van der Waals surface area contributed by atoms with E-state index < -0.39 is 17.4 Å². The maximum absolute atomic E-state index is 15.6. The number of furan rings is 1. The van der Waals surface area contributed by atoms with Crippen LogP contribution < -0.4 is 0 Å². The summed E-state index contributed by atoms with van der Waals surface area (Å²) in [5.41, 5.74) is -0.296. The number of aryl methyl sites for hydroxylation is 1. The zero-order valence-electron chi connectivity index (χ0n) is 16.8. The van der Waals surface area contributed by atoms with Crippen LogP contribution in [0.2, 0.25) is 0 Å². The van der Waals surface area contributed by atoms with Gasteiger partial charge in [0.15, 0.2) is 5.67 Å². The van der Waals surface area contributed by atoms with E-state index in [2.05, 4.69) is 4.98 Å². The van der Waals surface area contributed by atoms with Gasteiger partial charge in [0.25, 0.3) is 0 Å². The van der Waals surface area contributed by atoms with Crippen molar-refractivity contribution in [3.63, 3.8) is 0 Å². The maximum atomic E-state index is 15.6. The van der Waals surface area contributed by atoms with Gasteiger partial charge in [-0.3, -0.25) is 4.98 Å². The van der Waals surface area contributed by atoms with Crippen molar-refractivity contribution in [2.24, 2.45) is 0 Å². The molecule has 6 nitrogen and oxygen atoms in total. The summed E-state index contributed by atoms with van der Waals surface area (Å²) in [7, 11) is 0. The molecule has 3 rings (SSSR count). The van der Waals surface area contributed by atoms with E-state index in [1.54, 1.807) is 23.2 Å². The van der Waals surface area contributed by atoms with Gasteiger partial charge in [-0.15, -0.1) is 0 Å². The third-order valence-corrected chi connectivity index (χ3v) is 4.81. The van der Waals surface area contributed by atoms with Gasteiger partial charge in [-0.05, 0) is 51.5 Å². The Morgan fingerprint density at radius 3 is 2.57 bits per heavy atom. The molecule has 0 unspecified atom stereocenters. The lowest BCUT2D eigenvalue weighted by atomic mass is 9.87. The van der Waals surface area contributed by atoms with E-state index in [9.17, 15) is 4.79 Å². The molecule has 0 aromatic carbocycles. The van der Waals surface area contributed by atoms with E-state index in [-0.39, 0.29) is 32.5 Å². The molecule has 1 fully saturated rings. The molecular formula is C21H27FN2O4. The molecule has 2 aromatic heterocycles. The number of nitrogens with zero attached hydrogens (tertiary/aromatic N) is 2. The SMILES string of the molecule is Cc1cc(-c2ccc(CO)o2)cnc1C1(F)CCN(C(=O)OC(C)(C)C)CC1. The highest BCUT2D eigenvalue weighted by atomic mass is 19.1. The molecule has 152 valence electrons. The average molecular weight is 390 g/mol. The van der Waals surface area contributed by atoms with Crippen molar-refractivity contribution in [2.45, 2.75) is 58.4 Å². The molecule has 0 saturated carbocycles. The number of amides is 1. The molecule has 0 atom stereocenters. The van der Waals surface area contributed by atoms with Crippen LogP contribution in [-0.4, -0.2) is 39.8 Å². The molecule has 0 aliphatic carbocycles. The van der Waals surface area contributed by atoms with Crippen LogP contribution in [0.3, 0.4) is 0 Å². The molecule has 1 N–H and O–H groups in total. The van der Waals surface area contributed by atoms with Crippen LogP contribution in [0.25, 0.3) is 11.3 Å². The first-order chi connectivity index (χ1) is 13.1. The summed E-state index contributed by atoms with van der Waals surface area (Å²) in [5.74, 6) is 1.05. The van der Waals surface area contributed by atoms with Crippen LogP contribution in [0.5, 0.6) is 0 Å². The van der Waals surface area contributed by atoms with Gasteiger partial charge in [-0.25, -0.2) is 9.18 Å². The van der Waals surface area contributed by atoms with Crippen LogP contribution in [0.1, 0.15) is 50.6 Å². The number of halogens is 1. The molecule has 2 aromatic rings. The molecule has 28 heavy (non-hydrogen) atoms. The summed E-state index contributed by atoms with van der Waals surface area (Å²) in [6.45, 7) is 7.65. The maximum Gasteiger partial charge on any atom is 0.410 e. The Hall–Kier alpha value is -2.41. The Bertz CT molecular complexity index is 848. The molecule has 0 bridgehead atoms. The molecule has 0 radical (unpaired) electrons. The zero-order chi connectivity index (χ0) is 20.5. The predicted octanol–water partition coefficient (Wildman–Crippen LogP) is 4.34. The fourth-order valence-corrected chi connectivity index (χ4v) is 3.40. The number of aliphatic hydroxyl groups is 1. The second-order valence-corrected chi connectivity index (χ2v) is 8.25. The molecular weight excluding hydrogens is 363 g/mol. The van der Waals surface area contributed by atoms with Gasteiger partial charge in [-0.2, -0.15) is 0 Å². The third kappa shape index (κ3) is 4.35. The van der Waals surface area contributed by atoms with Crippen LogP contribution in [-0.2, 0) is 17.0 Å². The first-order valence-corrected chi connectivity index (χ1v) is 9.45. The molecule has 1 aliphatic rings. The second kappa shape index (κ2) is 7.54. The van der Waals surface area contributed by atoms with Crippen molar-refractivity contribution in [3.05, 3.63) is 41.4 Å². The van der Waals surface area contributed by atoms with Crippen molar-refractivity contribution < 1.29 is 23.4 Å². The minimum atomic E-state index is -1.58. The van der Waals surface area contributed by atoms with Gasteiger partial charge in [0, 0.05) is 37.7 Å². The minimum Gasteiger partial charge on any atom is -0.459 e. The first-order valence-electron chi connectivity index (χ1n) is 9.45. The van der Waals surface area contributed by atoms with E-state index in [4.69, 9.17) is 14.3 Å². The number of likely N-dealkylation sites (tertiary alicyclic amines) is 1. The van der Waals surface area contributed by atoms with Crippen molar-refractivity contribution in [1.82, 2.24) is 9.88 Å². The first kappa shape index (κ1) is 20.3. The van der Waals surface area contributed by atoms with Crippen molar-refractivity contribution in [2.75, 3.05) is 13.1 Å². The highest BCUT2D eigenvalue weighted by Gasteiger charge is 2.40. The van der Waals surface area contributed by atoms with Crippen molar-refractivity contribution in [1.29, 1.82) is 0 Å². The fourth-order valence-electron chi connectivity index (χ4n) is 3.40. The standard InChI is InChI=1S/C21H27FN2O4/c1-14-11-15(17-6-5-16(13-25)27-17)12-23-18(14)21(22)7-9-24(10-8-21)19(26)28-20(2,3)4/h5-6,11-12,25H,7-10,13H2,1-4H3. The lowest BCUT2D eigenvalue weighted by Gasteiger charge is -2.37. The Morgan fingerprint density at radius 1 is 1.36 bits per heavy atom. The van der Waals surface area contributed by atoms with Gasteiger partial charge in [0.1, 0.15) is 23.7 Å². The Kier molecular flexibility index (Phi) is 5.48. The Labute approximate surface area is 164 Å². The number of piperidine rings is 1. The van der Waals surface area contributed by atoms with Crippen molar-refractivity contribution >= 4 is 6.09 Å². The van der Waals surface area contributed by atoms with Gasteiger partial charge in [0.05, 0.1) is 5.69 Å². The summed E-state index contributed by atoms with van der Waals surface area (Å²) < 4.78 is 26.5. The van der Waals surface area contributed by atoms with E-state index in [0.717, 1.165) is 11.1 Å². The quantitative estimate of drug-likeness (QED) is 0.844. The van der Waals surface area contributed by atoms with Gasteiger partial charge in [0.2, 0.25) is 0 Å². The smallest absolute Gasteiger partial charge is 0.410 e. The van der Waals surface area contributed by atoms with Gasteiger partial charge >= 0.3 is 6.09 Å². The molecule has 1 aliphatic heterocycles. The number of alkyl halides is 1. The lowest BCUT2D eigenvalue weighted by molar-refractivity contribution is 0.00113. The Balaban J connectivity index is 1.72. The highest BCUT2D eigenvalue weighted by Crippen LogP contribution is 2.38. The van der Waals surface area contributed by atoms with Crippen LogP contribution in [0.4, 0.5) is 9.18 Å². The largest absolute Gasteiger partial charge is 0.459 e. The van der Waals surface area contributed by atoms with E-state index >= 15 is 4.39 Å². The van der Waals surface area contributed by atoms with Gasteiger partial charge < -0.3 is 19.2 Å². The average Bonchev–Trinajstić information content (AvgIpc) is 3.09. The number of rotatable bonds is 3. The Morgan fingerprint density at radius 2 is 2.04 bits per heavy atom. The summed E-state index contributed by atoms with van der Waals surface area (Å²) in [5, 5.41) is 9.13. The van der Waals surface area contributed by atoms with E-state index in [1.807, 2.05) is 33.8 Å². The van der Waals surface area contributed by atoms with Crippen LogP contribution in [0.15, 0.2) is 28.8 Å². The fraction of sp³-hybridized carbons (Fsp3) is 0.524. The number of ether oxygens (including phenoxy) is 1. The molecule has 1 saturated heterocycles. The molecule has 0 spiro atoms. The summed E-state index contributed by atoms with van der Waals surface area (Å²) in [4.78, 5) is 18.1. The molecule has 1 amide bonds. The van der Waals surface area contributed by atoms with Crippen LogP contribution >= 0.6 is 0 Å². The molecule has 7 heteroatoms. The molecule has 3 heterocycles. The summed E-state index contributed by atoms with van der Waals surface area (Å²) >= 11 is 0. The topological polar surface area (TPSA) is 75.8 Å². The number of hydrogen-bond acceptors (Lipinski definition) is 5. The number of aromatic nitrogens is 1. The monoisotopic (exact) mass is 390 g/mol. The number of carbonyl (C=O) groups excluding carboxylic acids is 1. The number of hydrogen-bond donors (Lipinski definition) is 1. The minimum absolute atomic E-state index is 0.174. The predicted molar refractivity (Wildman–Crippen MR) is 102 cm³/mol. The second-order valence-electron chi connectivity index (χ2n) is 8.25. The van der Waals surface area contributed by atoms with Crippen molar-refractivity contribution in [3.8, 4) is 11.3 Å². The van der Waals surface area contributed by atoms with Crippen LogP contribution in [0, 0.1) is 6.92 Å². The van der Waals surface area contributed by atoms with E-state index in [1.165, 1.54) is 0 Å².